The molecule has 0 amide bonds. The molecule has 6 N–H and O–H groups in total. The van der Waals surface area contributed by atoms with E-state index < -0.39 is 72.8 Å². The van der Waals surface area contributed by atoms with Crippen LogP contribution in [0.1, 0.15) is 23.7 Å². The molecule has 1 aromatic carbocycles. The van der Waals surface area contributed by atoms with Crippen LogP contribution in [-0.4, -0.2) is 97.5 Å². The highest BCUT2D eigenvalue weighted by molar-refractivity contribution is 5.89. The number of esters is 1. The second kappa shape index (κ2) is 8.93. The quantitative estimate of drug-likeness (QED) is 0.275. The molecule has 33 heavy (non-hydrogen) atoms. The molecule has 1 saturated carbocycles. The van der Waals surface area contributed by atoms with Crippen LogP contribution in [0.2, 0.25) is 0 Å². The van der Waals surface area contributed by atoms with Gasteiger partial charge >= 0.3 is 5.97 Å². The fourth-order valence-corrected chi connectivity index (χ4v) is 4.77. The van der Waals surface area contributed by atoms with Gasteiger partial charge in [-0.2, -0.15) is 0 Å². The first-order valence-corrected chi connectivity index (χ1v) is 10.6. The second-order valence-corrected chi connectivity index (χ2v) is 8.79. The normalized spacial score (nSPS) is 44.7. The summed E-state index contributed by atoms with van der Waals surface area (Å²) in [6.45, 7) is 0.862. The van der Waals surface area contributed by atoms with E-state index in [-0.39, 0.29) is 12.0 Å². The van der Waals surface area contributed by atoms with Crippen molar-refractivity contribution < 1.29 is 54.4 Å². The summed E-state index contributed by atoms with van der Waals surface area (Å²) in [6, 6.07) is 8.18. The molecular formula is C22H28O11. The van der Waals surface area contributed by atoms with Crippen LogP contribution < -0.4 is 0 Å². The van der Waals surface area contributed by atoms with Gasteiger partial charge in [0.2, 0.25) is 6.29 Å². The van der Waals surface area contributed by atoms with Crippen molar-refractivity contribution in [1.29, 1.82) is 0 Å². The Kier molecular flexibility index (Phi) is 6.51. The summed E-state index contributed by atoms with van der Waals surface area (Å²) in [5, 5.41) is 61.6. The Hall–Kier alpha value is -2.09. The minimum absolute atomic E-state index is 0.144. The molecule has 7 unspecified atom stereocenters. The van der Waals surface area contributed by atoms with Gasteiger partial charge in [0.15, 0.2) is 6.29 Å². The minimum atomic E-state index is -1.90. The molecule has 1 aromatic rings. The van der Waals surface area contributed by atoms with E-state index in [9.17, 15) is 35.4 Å². The maximum Gasteiger partial charge on any atom is 0.338 e. The highest BCUT2D eigenvalue weighted by atomic mass is 16.8. The number of fused-ring (bicyclic) bond motifs is 1. The van der Waals surface area contributed by atoms with Crippen molar-refractivity contribution in [3.05, 3.63) is 48.2 Å². The van der Waals surface area contributed by atoms with E-state index in [0.717, 1.165) is 6.26 Å². The lowest BCUT2D eigenvalue weighted by Crippen LogP contribution is -2.62. The molecule has 1 saturated heterocycles. The molecular weight excluding hydrogens is 440 g/mol. The Balaban J connectivity index is 1.60. The summed E-state index contributed by atoms with van der Waals surface area (Å²) in [4.78, 5) is 12.8. The van der Waals surface area contributed by atoms with Gasteiger partial charge in [0.1, 0.15) is 35.6 Å². The molecule has 2 heterocycles. The van der Waals surface area contributed by atoms with Gasteiger partial charge in [-0.25, -0.2) is 4.79 Å². The van der Waals surface area contributed by atoms with Gasteiger partial charge in [-0.1, -0.05) is 18.2 Å². The SMILES string of the molecule is C[C@]1(OC(=O)c2ccccc2)CC(O)[C@]2(O)C=COC(OC3OC(CO)C(O)C(O)C3O)[C@@H]21. The number of hydrogen-bond acceptors (Lipinski definition) is 11. The Morgan fingerprint density at radius 3 is 2.45 bits per heavy atom. The van der Waals surface area contributed by atoms with Crippen molar-refractivity contribution in [2.45, 2.75) is 67.6 Å². The molecule has 3 aliphatic rings. The van der Waals surface area contributed by atoms with Gasteiger partial charge in [0.25, 0.3) is 0 Å². The average molecular weight is 468 g/mol. The van der Waals surface area contributed by atoms with Crippen LogP contribution in [0.25, 0.3) is 0 Å². The number of aliphatic hydroxyl groups excluding tert-OH is 5. The Labute approximate surface area is 189 Å². The van der Waals surface area contributed by atoms with E-state index in [4.69, 9.17) is 18.9 Å². The molecule has 2 aliphatic heterocycles. The van der Waals surface area contributed by atoms with Crippen LogP contribution in [0, 0.1) is 5.92 Å². The van der Waals surface area contributed by atoms with E-state index in [1.54, 1.807) is 30.3 Å². The monoisotopic (exact) mass is 468 g/mol. The van der Waals surface area contributed by atoms with Gasteiger partial charge in [-0.05, 0) is 25.1 Å². The summed E-state index contributed by atoms with van der Waals surface area (Å²) in [6.07, 6.45) is -8.30. The first-order chi connectivity index (χ1) is 15.6. The number of rotatable bonds is 5. The summed E-state index contributed by atoms with van der Waals surface area (Å²) < 4.78 is 22.3. The maximum absolute atomic E-state index is 12.8. The summed E-state index contributed by atoms with van der Waals surface area (Å²) in [5.74, 6) is -1.85. The fraction of sp³-hybridized carbons (Fsp3) is 0.591. The molecule has 0 aromatic heterocycles. The first kappa shape index (κ1) is 24.0. The zero-order chi connectivity index (χ0) is 24.0. The predicted molar refractivity (Wildman–Crippen MR) is 108 cm³/mol. The third kappa shape index (κ3) is 4.15. The molecule has 0 spiro atoms. The second-order valence-electron chi connectivity index (χ2n) is 8.79. The molecule has 2 fully saturated rings. The summed E-state index contributed by atoms with van der Waals surface area (Å²) in [7, 11) is 0. The third-order valence-electron chi connectivity index (χ3n) is 6.56. The number of carbonyl (C=O) groups excluding carboxylic acids is 1. The number of aliphatic hydroxyl groups is 6. The number of benzene rings is 1. The number of carbonyl (C=O) groups is 1. The molecule has 1 aliphatic carbocycles. The van der Waals surface area contributed by atoms with Crippen LogP contribution in [-0.2, 0) is 18.9 Å². The predicted octanol–water partition coefficient (Wildman–Crippen LogP) is -1.60. The number of ether oxygens (including phenoxy) is 4. The third-order valence-corrected chi connectivity index (χ3v) is 6.56. The van der Waals surface area contributed by atoms with E-state index >= 15 is 0 Å². The van der Waals surface area contributed by atoms with Gasteiger partial charge in [-0.3, -0.25) is 0 Å². The highest BCUT2D eigenvalue weighted by Gasteiger charge is 2.66. The van der Waals surface area contributed by atoms with E-state index in [1.807, 2.05) is 0 Å². The molecule has 10 atom stereocenters. The molecule has 0 radical (unpaired) electrons. The molecule has 11 heteroatoms. The number of hydrogen-bond donors (Lipinski definition) is 6. The summed E-state index contributed by atoms with van der Waals surface area (Å²) in [5.41, 5.74) is -3.10. The van der Waals surface area contributed by atoms with Crippen molar-refractivity contribution in [3.63, 3.8) is 0 Å². The first-order valence-electron chi connectivity index (χ1n) is 10.6. The van der Waals surface area contributed by atoms with E-state index in [2.05, 4.69) is 0 Å². The smallest absolute Gasteiger partial charge is 0.338 e. The van der Waals surface area contributed by atoms with E-state index in [1.165, 1.54) is 13.0 Å². The molecule has 11 nitrogen and oxygen atoms in total. The Bertz CT molecular complexity index is 876. The molecule has 0 bridgehead atoms. The van der Waals surface area contributed by atoms with Crippen molar-refractivity contribution in [3.8, 4) is 0 Å². The Morgan fingerprint density at radius 2 is 1.79 bits per heavy atom. The summed E-state index contributed by atoms with van der Waals surface area (Å²) >= 11 is 0. The highest BCUT2D eigenvalue weighted by Crippen LogP contribution is 2.51. The van der Waals surface area contributed by atoms with Crippen molar-refractivity contribution in [2.24, 2.45) is 5.92 Å². The largest absolute Gasteiger partial charge is 0.472 e. The van der Waals surface area contributed by atoms with Crippen molar-refractivity contribution in [2.75, 3.05) is 6.61 Å². The molecule has 182 valence electrons. The molecule has 4 rings (SSSR count). The topological polar surface area (TPSA) is 175 Å². The maximum atomic E-state index is 12.8. The van der Waals surface area contributed by atoms with Crippen LogP contribution >= 0.6 is 0 Å². The van der Waals surface area contributed by atoms with Crippen LogP contribution in [0.4, 0.5) is 0 Å². The lowest BCUT2D eigenvalue weighted by atomic mass is 9.81. The van der Waals surface area contributed by atoms with E-state index in [0.29, 0.717) is 0 Å². The minimum Gasteiger partial charge on any atom is -0.472 e. The van der Waals surface area contributed by atoms with Gasteiger partial charge in [0.05, 0.1) is 30.5 Å². The van der Waals surface area contributed by atoms with Crippen LogP contribution in [0.5, 0.6) is 0 Å². The lowest BCUT2D eigenvalue weighted by Gasteiger charge is -2.46. The zero-order valence-corrected chi connectivity index (χ0v) is 17.8. The van der Waals surface area contributed by atoms with Crippen molar-refractivity contribution >= 4 is 5.97 Å². The van der Waals surface area contributed by atoms with Crippen molar-refractivity contribution in [1.82, 2.24) is 0 Å². The van der Waals surface area contributed by atoms with Gasteiger partial charge < -0.3 is 49.6 Å². The van der Waals surface area contributed by atoms with Gasteiger partial charge in [0, 0.05) is 6.42 Å². The Morgan fingerprint density at radius 1 is 1.09 bits per heavy atom. The van der Waals surface area contributed by atoms with Crippen LogP contribution in [0.15, 0.2) is 42.7 Å². The lowest BCUT2D eigenvalue weighted by molar-refractivity contribution is -0.351. The fourth-order valence-electron chi connectivity index (χ4n) is 4.77. The standard InChI is InChI=1S/C22H28O11/c1-21(33-18(28)11-5-3-2-4-6-11)9-13(24)22(29)7-8-30-20(17(21)22)32-19-16(27)15(26)14(25)12(10-23)31-19/h2-8,12-17,19-20,23-27,29H,9-10H2,1H3/t12?,13?,14?,15?,16?,17-,19?,20?,21+,22-/m1/s1. The average Bonchev–Trinajstić information content (AvgIpc) is 3.00. The van der Waals surface area contributed by atoms with Gasteiger partial charge in [-0.15, -0.1) is 0 Å². The van der Waals surface area contributed by atoms with Crippen LogP contribution in [0.3, 0.4) is 0 Å². The zero-order valence-electron chi connectivity index (χ0n) is 17.8.